The number of aryl methyl sites for hydroxylation is 1. The van der Waals surface area contributed by atoms with E-state index in [4.69, 9.17) is 0 Å². The number of hydrogen-bond acceptors (Lipinski definition) is 1. The first-order valence-electron chi connectivity index (χ1n) is 13.2. The fourth-order valence-corrected chi connectivity index (χ4v) is 6.35. The van der Waals surface area contributed by atoms with Gasteiger partial charge in [-0.25, -0.2) is 0 Å². The molecule has 0 unspecified atom stereocenters. The summed E-state index contributed by atoms with van der Waals surface area (Å²) in [5.74, 6) is 2.81. The second kappa shape index (κ2) is 11.9. The molecule has 0 saturated heterocycles. The number of rotatable bonds is 10. The molecule has 30 heavy (non-hydrogen) atoms. The third-order valence-electron chi connectivity index (χ3n) is 8.43. The van der Waals surface area contributed by atoms with Crippen molar-refractivity contribution in [2.24, 2.45) is 17.8 Å². The van der Waals surface area contributed by atoms with E-state index in [1.807, 2.05) is 0 Å². The molecule has 0 amide bonds. The Bertz CT molecular complexity index is 636. The zero-order chi connectivity index (χ0) is 21.2. The van der Waals surface area contributed by atoms with Crippen molar-refractivity contribution >= 4 is 0 Å². The Balaban J connectivity index is 1.49. The fraction of sp³-hybridized carbons (Fsp3) is 0.759. The molecule has 0 N–H and O–H groups in total. The van der Waals surface area contributed by atoms with Crippen molar-refractivity contribution in [1.82, 2.24) is 0 Å². The summed E-state index contributed by atoms with van der Waals surface area (Å²) in [4.78, 5) is 0. The summed E-state index contributed by atoms with van der Waals surface area (Å²) in [5, 5.41) is 10.1. The van der Waals surface area contributed by atoms with Crippen LogP contribution in [0.4, 0.5) is 0 Å². The van der Waals surface area contributed by atoms with Gasteiger partial charge in [-0.3, -0.25) is 0 Å². The van der Waals surface area contributed by atoms with E-state index in [-0.39, 0.29) is 5.41 Å². The molecule has 1 aromatic rings. The summed E-state index contributed by atoms with van der Waals surface area (Å²) in [6.45, 7) is 4.60. The van der Waals surface area contributed by atoms with Gasteiger partial charge in [-0.1, -0.05) is 89.5 Å². The standard InChI is InChI=1S/C29H45N/c1-3-5-6-7-8-10-25-13-17-28(18-14-25)29(23-30)21-19-27(20-22-29)26-15-11-24(9-4-2)12-16-26/h13-14,17-18,24,26-27H,3-12,15-16,19-22H2,1-2H3/t24?,26?,27-,29-. The van der Waals surface area contributed by atoms with Gasteiger partial charge in [0.25, 0.3) is 0 Å². The Kier molecular flexibility index (Phi) is 9.29. The van der Waals surface area contributed by atoms with Crippen LogP contribution in [0.1, 0.15) is 121 Å². The Morgan fingerprint density at radius 3 is 2.03 bits per heavy atom. The lowest BCUT2D eigenvalue weighted by Crippen LogP contribution is -2.33. The molecule has 0 aliphatic heterocycles. The van der Waals surface area contributed by atoms with Crippen LogP contribution in [0.5, 0.6) is 0 Å². The van der Waals surface area contributed by atoms with E-state index < -0.39 is 0 Å². The van der Waals surface area contributed by atoms with Crippen LogP contribution in [0, 0.1) is 29.1 Å². The predicted octanol–water partition coefficient (Wildman–Crippen LogP) is 8.76. The zero-order valence-electron chi connectivity index (χ0n) is 19.8. The number of benzene rings is 1. The molecule has 2 fully saturated rings. The minimum Gasteiger partial charge on any atom is -0.197 e. The van der Waals surface area contributed by atoms with Crippen LogP contribution >= 0.6 is 0 Å². The van der Waals surface area contributed by atoms with Crippen molar-refractivity contribution in [1.29, 1.82) is 5.26 Å². The number of unbranched alkanes of at least 4 members (excludes halogenated alkanes) is 4. The highest BCUT2D eigenvalue weighted by Crippen LogP contribution is 2.47. The highest BCUT2D eigenvalue weighted by Gasteiger charge is 2.39. The number of hydrogen-bond donors (Lipinski definition) is 0. The van der Waals surface area contributed by atoms with Crippen molar-refractivity contribution in [2.45, 2.75) is 122 Å². The van der Waals surface area contributed by atoms with Crippen molar-refractivity contribution in [3.63, 3.8) is 0 Å². The Hall–Kier alpha value is -1.29. The fourth-order valence-electron chi connectivity index (χ4n) is 6.35. The molecule has 2 saturated carbocycles. The van der Waals surface area contributed by atoms with Crippen LogP contribution in [0.2, 0.25) is 0 Å². The lowest BCUT2D eigenvalue weighted by molar-refractivity contribution is 0.144. The van der Waals surface area contributed by atoms with E-state index in [0.29, 0.717) is 0 Å². The topological polar surface area (TPSA) is 23.8 Å². The third kappa shape index (κ3) is 6.12. The maximum Gasteiger partial charge on any atom is 0.0822 e. The smallest absolute Gasteiger partial charge is 0.0822 e. The molecule has 0 bridgehead atoms. The van der Waals surface area contributed by atoms with Crippen molar-refractivity contribution in [2.75, 3.05) is 0 Å². The number of nitrogens with zero attached hydrogens (tertiary/aromatic N) is 1. The molecule has 166 valence electrons. The molecule has 0 spiro atoms. The van der Waals surface area contributed by atoms with Crippen molar-refractivity contribution in [3.8, 4) is 6.07 Å². The SMILES string of the molecule is CCCCCCCc1ccc([C@]2(C#N)CC[C@@H](C3CCC(CCC)CC3)CC2)cc1. The third-order valence-corrected chi connectivity index (χ3v) is 8.43. The molecule has 0 aromatic heterocycles. The van der Waals surface area contributed by atoms with E-state index >= 15 is 0 Å². The molecule has 2 aliphatic rings. The second-order valence-electron chi connectivity index (χ2n) is 10.5. The average Bonchev–Trinajstić information content (AvgIpc) is 2.80. The van der Waals surface area contributed by atoms with E-state index in [1.54, 1.807) is 0 Å². The van der Waals surface area contributed by atoms with Crippen LogP contribution < -0.4 is 0 Å². The van der Waals surface area contributed by atoms with Crippen molar-refractivity contribution in [3.05, 3.63) is 35.4 Å². The van der Waals surface area contributed by atoms with Gasteiger partial charge in [0.05, 0.1) is 11.5 Å². The van der Waals surface area contributed by atoms with Gasteiger partial charge in [0, 0.05) is 0 Å². The van der Waals surface area contributed by atoms with Crippen LogP contribution in [0.25, 0.3) is 0 Å². The molecular formula is C29H45N. The summed E-state index contributed by atoms with van der Waals surface area (Å²) in [5.41, 5.74) is 2.50. The molecular weight excluding hydrogens is 362 g/mol. The minimum absolute atomic E-state index is 0.227. The molecule has 0 atom stereocenters. The van der Waals surface area contributed by atoms with Gasteiger partial charge in [0.15, 0.2) is 0 Å². The molecule has 0 radical (unpaired) electrons. The van der Waals surface area contributed by atoms with E-state index in [0.717, 1.165) is 30.6 Å². The van der Waals surface area contributed by atoms with Crippen LogP contribution in [0.15, 0.2) is 24.3 Å². The lowest BCUT2D eigenvalue weighted by atomic mass is 9.62. The minimum atomic E-state index is -0.227. The van der Waals surface area contributed by atoms with Gasteiger partial charge in [0.1, 0.15) is 0 Å². The summed E-state index contributed by atoms with van der Waals surface area (Å²) in [7, 11) is 0. The molecule has 1 aromatic carbocycles. The monoisotopic (exact) mass is 407 g/mol. The maximum atomic E-state index is 10.1. The molecule has 1 nitrogen and oxygen atoms in total. The molecule has 1 heteroatoms. The van der Waals surface area contributed by atoms with Gasteiger partial charge in [0.2, 0.25) is 0 Å². The van der Waals surface area contributed by atoms with E-state index in [1.165, 1.54) is 101 Å². The second-order valence-corrected chi connectivity index (χ2v) is 10.5. The highest BCUT2D eigenvalue weighted by atomic mass is 14.5. The van der Waals surface area contributed by atoms with Crippen LogP contribution in [0.3, 0.4) is 0 Å². The predicted molar refractivity (Wildman–Crippen MR) is 129 cm³/mol. The molecule has 0 heterocycles. The first kappa shape index (κ1) is 23.4. The van der Waals surface area contributed by atoms with Gasteiger partial charge < -0.3 is 0 Å². The van der Waals surface area contributed by atoms with Gasteiger partial charge >= 0.3 is 0 Å². The Morgan fingerprint density at radius 1 is 0.800 bits per heavy atom. The van der Waals surface area contributed by atoms with Crippen LogP contribution in [-0.2, 0) is 11.8 Å². The van der Waals surface area contributed by atoms with E-state index in [9.17, 15) is 5.26 Å². The van der Waals surface area contributed by atoms with Crippen molar-refractivity contribution < 1.29 is 0 Å². The summed E-state index contributed by atoms with van der Waals surface area (Å²) < 4.78 is 0. The highest BCUT2D eigenvalue weighted by molar-refractivity contribution is 5.35. The quantitative estimate of drug-likeness (QED) is 0.355. The lowest BCUT2D eigenvalue weighted by Gasteiger charge is -2.41. The maximum absolute atomic E-state index is 10.1. The first-order valence-corrected chi connectivity index (χ1v) is 13.2. The summed E-state index contributed by atoms with van der Waals surface area (Å²) in [6.07, 6.45) is 21.1. The normalized spacial score (nSPS) is 29.4. The zero-order valence-corrected chi connectivity index (χ0v) is 19.8. The number of nitriles is 1. The van der Waals surface area contributed by atoms with E-state index in [2.05, 4.69) is 44.2 Å². The average molecular weight is 408 g/mol. The summed E-state index contributed by atoms with van der Waals surface area (Å²) >= 11 is 0. The Morgan fingerprint density at radius 2 is 1.43 bits per heavy atom. The van der Waals surface area contributed by atoms with Crippen LogP contribution in [-0.4, -0.2) is 0 Å². The Labute approximate surface area is 186 Å². The first-order chi connectivity index (χ1) is 14.7. The van der Waals surface area contributed by atoms with Gasteiger partial charge in [-0.15, -0.1) is 0 Å². The molecule has 3 rings (SSSR count). The van der Waals surface area contributed by atoms with Gasteiger partial charge in [-0.05, 0) is 80.2 Å². The largest absolute Gasteiger partial charge is 0.197 e. The summed E-state index contributed by atoms with van der Waals surface area (Å²) in [6, 6.07) is 11.9. The molecule has 2 aliphatic carbocycles. The van der Waals surface area contributed by atoms with Gasteiger partial charge in [-0.2, -0.15) is 5.26 Å².